The fourth-order valence-corrected chi connectivity index (χ4v) is 3.22. The second-order valence-corrected chi connectivity index (χ2v) is 5.69. The summed E-state index contributed by atoms with van der Waals surface area (Å²) in [6.45, 7) is 4.04. The summed E-state index contributed by atoms with van der Waals surface area (Å²) in [7, 11) is 0. The molecular weight excluding hydrogens is 244 g/mol. The van der Waals surface area contributed by atoms with Crippen molar-refractivity contribution >= 4 is 11.3 Å². The van der Waals surface area contributed by atoms with Crippen LogP contribution < -0.4 is 5.73 Å². The Balaban J connectivity index is 1.72. The number of likely N-dealkylation sites (tertiary alicyclic amines) is 1. The molecule has 3 rings (SSSR count). The number of rotatable bonds is 4. The molecule has 5 heteroatoms. The van der Waals surface area contributed by atoms with Crippen LogP contribution in [-0.4, -0.2) is 34.7 Å². The number of nitrogens with two attached hydrogens (primary N) is 1. The molecule has 0 aromatic carbocycles. The first-order chi connectivity index (χ1) is 8.86. The number of hydrogen-bond donors (Lipinski definition) is 2. The van der Waals surface area contributed by atoms with Crippen molar-refractivity contribution in [1.82, 2.24) is 15.1 Å². The van der Waals surface area contributed by atoms with Crippen molar-refractivity contribution in [2.75, 3.05) is 19.6 Å². The molecule has 2 aromatic rings. The molecule has 0 saturated carbocycles. The van der Waals surface area contributed by atoms with Gasteiger partial charge in [-0.1, -0.05) is 0 Å². The van der Waals surface area contributed by atoms with Crippen LogP contribution in [0, 0.1) is 5.92 Å². The molecule has 96 valence electrons. The molecule has 4 nitrogen and oxygen atoms in total. The Morgan fingerprint density at radius 2 is 2.50 bits per heavy atom. The van der Waals surface area contributed by atoms with E-state index in [4.69, 9.17) is 5.73 Å². The first kappa shape index (κ1) is 11.9. The summed E-state index contributed by atoms with van der Waals surface area (Å²) in [5.74, 6) is 0.668. The molecule has 0 radical (unpaired) electrons. The van der Waals surface area contributed by atoms with Gasteiger partial charge in [0.05, 0.1) is 11.9 Å². The third-order valence-electron chi connectivity index (χ3n) is 3.62. The van der Waals surface area contributed by atoms with E-state index in [0.29, 0.717) is 5.92 Å². The highest BCUT2D eigenvalue weighted by molar-refractivity contribution is 7.08. The molecule has 3 heterocycles. The number of nitrogens with one attached hydrogen (secondary N) is 1. The Labute approximate surface area is 111 Å². The van der Waals surface area contributed by atoms with Crippen molar-refractivity contribution in [1.29, 1.82) is 0 Å². The van der Waals surface area contributed by atoms with Gasteiger partial charge in [-0.2, -0.15) is 16.4 Å². The third-order valence-corrected chi connectivity index (χ3v) is 4.31. The molecule has 1 atom stereocenters. The molecular formula is C13H18N4S. The smallest absolute Gasteiger partial charge is 0.0703 e. The highest BCUT2D eigenvalue weighted by Crippen LogP contribution is 2.26. The van der Waals surface area contributed by atoms with Crippen molar-refractivity contribution in [2.45, 2.75) is 13.0 Å². The zero-order valence-corrected chi connectivity index (χ0v) is 11.1. The van der Waals surface area contributed by atoms with Gasteiger partial charge in [-0.15, -0.1) is 0 Å². The minimum Gasteiger partial charge on any atom is -0.330 e. The number of aromatic amines is 1. The molecule has 2 aromatic heterocycles. The lowest BCUT2D eigenvalue weighted by Gasteiger charge is -2.15. The standard InChI is InChI=1S/C13H18N4S/c14-5-10-1-3-17(7-10)8-12-6-15-16-13(12)11-2-4-18-9-11/h2,4,6,9-10H,1,3,5,7-8,14H2,(H,15,16). The zero-order valence-electron chi connectivity index (χ0n) is 10.3. The lowest BCUT2D eigenvalue weighted by atomic mass is 10.1. The van der Waals surface area contributed by atoms with E-state index in [-0.39, 0.29) is 0 Å². The minimum absolute atomic E-state index is 0.668. The van der Waals surface area contributed by atoms with Crippen LogP contribution in [0.2, 0.25) is 0 Å². The van der Waals surface area contributed by atoms with Crippen molar-refractivity contribution in [3.63, 3.8) is 0 Å². The highest BCUT2D eigenvalue weighted by Gasteiger charge is 2.22. The highest BCUT2D eigenvalue weighted by atomic mass is 32.1. The predicted octanol–water partition coefficient (Wildman–Crippen LogP) is 1.92. The average molecular weight is 262 g/mol. The fourth-order valence-electron chi connectivity index (χ4n) is 2.58. The van der Waals surface area contributed by atoms with E-state index in [1.54, 1.807) is 11.3 Å². The number of H-pyrrole nitrogens is 1. The summed E-state index contributed by atoms with van der Waals surface area (Å²) in [6, 6.07) is 2.13. The van der Waals surface area contributed by atoms with Crippen LogP contribution in [0.3, 0.4) is 0 Å². The average Bonchev–Trinajstić information content (AvgIpc) is 3.09. The molecule has 3 N–H and O–H groups in total. The van der Waals surface area contributed by atoms with Gasteiger partial charge in [0.2, 0.25) is 0 Å². The van der Waals surface area contributed by atoms with E-state index in [1.807, 2.05) is 6.20 Å². The van der Waals surface area contributed by atoms with Crippen molar-refractivity contribution in [2.24, 2.45) is 11.7 Å². The SMILES string of the molecule is NCC1CCN(Cc2cn[nH]c2-c2ccsc2)C1. The summed E-state index contributed by atoms with van der Waals surface area (Å²) in [6.07, 6.45) is 3.17. The number of nitrogens with zero attached hydrogens (tertiary/aromatic N) is 2. The third kappa shape index (κ3) is 2.34. The Morgan fingerprint density at radius 3 is 3.22 bits per heavy atom. The summed E-state index contributed by atoms with van der Waals surface area (Å²) in [5, 5.41) is 11.6. The van der Waals surface area contributed by atoms with Crippen LogP contribution in [0.1, 0.15) is 12.0 Å². The van der Waals surface area contributed by atoms with Crippen LogP contribution >= 0.6 is 11.3 Å². The first-order valence-corrected chi connectivity index (χ1v) is 7.28. The molecule has 1 unspecified atom stereocenters. The van der Waals surface area contributed by atoms with Gasteiger partial charge >= 0.3 is 0 Å². The zero-order chi connectivity index (χ0) is 12.4. The Hall–Kier alpha value is -1.17. The van der Waals surface area contributed by atoms with E-state index in [2.05, 4.69) is 31.9 Å². The van der Waals surface area contributed by atoms with Crippen LogP contribution in [0.5, 0.6) is 0 Å². The Kier molecular flexibility index (Phi) is 3.45. The van der Waals surface area contributed by atoms with Gasteiger partial charge in [-0.25, -0.2) is 0 Å². The molecule has 0 aliphatic carbocycles. The van der Waals surface area contributed by atoms with Gasteiger partial charge in [0, 0.05) is 29.6 Å². The predicted molar refractivity (Wildman–Crippen MR) is 74.3 cm³/mol. The Bertz CT molecular complexity index is 491. The maximum Gasteiger partial charge on any atom is 0.0703 e. The molecule has 1 aliphatic heterocycles. The van der Waals surface area contributed by atoms with Gasteiger partial charge in [-0.3, -0.25) is 10.00 Å². The maximum atomic E-state index is 5.73. The van der Waals surface area contributed by atoms with Gasteiger partial charge in [0.1, 0.15) is 0 Å². The van der Waals surface area contributed by atoms with Crippen molar-refractivity contribution in [3.05, 3.63) is 28.6 Å². The lowest BCUT2D eigenvalue weighted by molar-refractivity contribution is 0.318. The van der Waals surface area contributed by atoms with Gasteiger partial charge in [0.25, 0.3) is 0 Å². The Morgan fingerprint density at radius 1 is 1.56 bits per heavy atom. The van der Waals surface area contributed by atoms with E-state index in [9.17, 15) is 0 Å². The molecule has 1 fully saturated rings. The first-order valence-electron chi connectivity index (χ1n) is 6.34. The summed E-state index contributed by atoms with van der Waals surface area (Å²) in [5.41, 5.74) is 9.41. The largest absolute Gasteiger partial charge is 0.330 e. The molecule has 18 heavy (non-hydrogen) atoms. The molecule has 0 bridgehead atoms. The second kappa shape index (κ2) is 5.22. The van der Waals surface area contributed by atoms with E-state index >= 15 is 0 Å². The number of thiophene rings is 1. The molecule has 0 amide bonds. The van der Waals surface area contributed by atoms with Crippen LogP contribution in [-0.2, 0) is 6.54 Å². The lowest BCUT2D eigenvalue weighted by Crippen LogP contribution is -2.22. The van der Waals surface area contributed by atoms with E-state index < -0.39 is 0 Å². The summed E-state index contributed by atoms with van der Waals surface area (Å²) >= 11 is 1.72. The van der Waals surface area contributed by atoms with Crippen LogP contribution in [0.4, 0.5) is 0 Å². The van der Waals surface area contributed by atoms with Gasteiger partial charge in [-0.05, 0) is 36.9 Å². The number of aromatic nitrogens is 2. The molecule has 0 spiro atoms. The fraction of sp³-hybridized carbons (Fsp3) is 0.462. The second-order valence-electron chi connectivity index (χ2n) is 4.91. The van der Waals surface area contributed by atoms with Crippen LogP contribution in [0.25, 0.3) is 11.3 Å². The monoisotopic (exact) mass is 262 g/mol. The van der Waals surface area contributed by atoms with E-state index in [1.165, 1.54) is 17.5 Å². The minimum atomic E-state index is 0.668. The molecule has 1 aliphatic rings. The van der Waals surface area contributed by atoms with Crippen LogP contribution in [0.15, 0.2) is 23.0 Å². The van der Waals surface area contributed by atoms with Gasteiger partial charge < -0.3 is 5.73 Å². The summed E-state index contributed by atoms with van der Waals surface area (Å²) in [4.78, 5) is 2.47. The normalized spacial score (nSPS) is 20.6. The maximum absolute atomic E-state index is 5.73. The number of hydrogen-bond acceptors (Lipinski definition) is 4. The molecule has 1 saturated heterocycles. The van der Waals surface area contributed by atoms with E-state index in [0.717, 1.165) is 31.9 Å². The summed E-state index contributed by atoms with van der Waals surface area (Å²) < 4.78 is 0. The quantitative estimate of drug-likeness (QED) is 0.885. The van der Waals surface area contributed by atoms with Gasteiger partial charge in [0.15, 0.2) is 0 Å². The van der Waals surface area contributed by atoms with Crippen molar-refractivity contribution in [3.8, 4) is 11.3 Å². The topological polar surface area (TPSA) is 57.9 Å². The van der Waals surface area contributed by atoms with Crippen molar-refractivity contribution < 1.29 is 0 Å².